The standard InChI is InChI=1S/C29H39F3N6O/c1-35-14-15-37(19-22-9-10-22)20-23-6-4-8-25(28(23)35)34-18-27(39)38(17-16-36-12-2-3-13-36)21-26-24(29(30,31)32)7-5-11-33-26/h4-8,11,22,34H,2-3,9-10,12-21H2,1H3. The average molecular weight is 545 g/mol. The van der Waals surface area contributed by atoms with E-state index >= 15 is 0 Å². The fraction of sp³-hybridized carbons (Fsp3) is 0.586. The number of anilines is 2. The van der Waals surface area contributed by atoms with E-state index in [0.717, 1.165) is 75.5 Å². The van der Waals surface area contributed by atoms with Gasteiger partial charge in [-0.05, 0) is 68.5 Å². The fourth-order valence-electron chi connectivity index (χ4n) is 5.70. The predicted molar refractivity (Wildman–Crippen MR) is 147 cm³/mol. The van der Waals surface area contributed by atoms with Crippen LogP contribution in [-0.2, 0) is 24.1 Å². The van der Waals surface area contributed by atoms with Crippen molar-refractivity contribution in [2.45, 2.75) is 44.9 Å². The Morgan fingerprint density at radius 3 is 2.62 bits per heavy atom. The number of para-hydroxylation sites is 1. The van der Waals surface area contributed by atoms with Crippen LogP contribution in [0.3, 0.4) is 0 Å². The number of hydrogen-bond acceptors (Lipinski definition) is 6. The van der Waals surface area contributed by atoms with Crippen LogP contribution in [0.2, 0.25) is 0 Å². The Balaban J connectivity index is 1.30. The van der Waals surface area contributed by atoms with Gasteiger partial charge in [0, 0.05) is 52.5 Å². The Labute approximate surface area is 229 Å². The number of halogens is 3. The number of hydrogen-bond donors (Lipinski definition) is 1. The number of benzene rings is 1. The Morgan fingerprint density at radius 1 is 1.08 bits per heavy atom. The summed E-state index contributed by atoms with van der Waals surface area (Å²) in [4.78, 5) is 26.0. The number of rotatable bonds is 10. The van der Waals surface area contributed by atoms with Gasteiger partial charge in [-0.15, -0.1) is 0 Å². The highest BCUT2D eigenvalue weighted by atomic mass is 19.4. The van der Waals surface area contributed by atoms with Crippen molar-refractivity contribution in [2.75, 3.05) is 69.6 Å². The van der Waals surface area contributed by atoms with Crippen LogP contribution in [0.4, 0.5) is 24.5 Å². The largest absolute Gasteiger partial charge is 0.418 e. The van der Waals surface area contributed by atoms with E-state index in [0.29, 0.717) is 13.1 Å². The third-order valence-corrected chi connectivity index (χ3v) is 8.06. The zero-order valence-electron chi connectivity index (χ0n) is 22.7. The third-order valence-electron chi connectivity index (χ3n) is 8.06. The van der Waals surface area contributed by atoms with Crippen LogP contribution in [0.15, 0.2) is 36.5 Å². The summed E-state index contributed by atoms with van der Waals surface area (Å²) < 4.78 is 41.0. The number of likely N-dealkylation sites (tertiary alicyclic amines) is 1. The fourth-order valence-corrected chi connectivity index (χ4v) is 5.70. The summed E-state index contributed by atoms with van der Waals surface area (Å²) in [5.41, 5.74) is 2.29. The molecule has 1 aromatic heterocycles. The van der Waals surface area contributed by atoms with Gasteiger partial charge in [-0.3, -0.25) is 14.7 Å². The maximum Gasteiger partial charge on any atom is 0.418 e. The molecule has 39 heavy (non-hydrogen) atoms. The smallest absolute Gasteiger partial charge is 0.374 e. The maximum atomic E-state index is 13.7. The summed E-state index contributed by atoms with van der Waals surface area (Å²) in [6.45, 7) is 6.64. The molecule has 212 valence electrons. The number of nitrogens with one attached hydrogen (secondary N) is 1. The van der Waals surface area contributed by atoms with Crippen molar-refractivity contribution in [3.63, 3.8) is 0 Å². The minimum absolute atomic E-state index is 0.00423. The number of nitrogens with zero attached hydrogens (tertiary/aromatic N) is 5. The third kappa shape index (κ3) is 7.22. The summed E-state index contributed by atoms with van der Waals surface area (Å²) in [6.07, 6.45) is 1.69. The Morgan fingerprint density at radius 2 is 1.87 bits per heavy atom. The first-order valence-electron chi connectivity index (χ1n) is 14.1. The molecular formula is C29H39F3N6O. The van der Waals surface area contributed by atoms with Crippen molar-refractivity contribution in [1.82, 2.24) is 19.7 Å². The molecule has 7 nitrogen and oxygen atoms in total. The van der Waals surface area contributed by atoms with Gasteiger partial charge in [0.2, 0.25) is 5.91 Å². The van der Waals surface area contributed by atoms with Crippen LogP contribution in [0.1, 0.15) is 42.5 Å². The van der Waals surface area contributed by atoms with Gasteiger partial charge in [-0.25, -0.2) is 0 Å². The number of likely N-dealkylation sites (N-methyl/N-ethyl adjacent to an activating group) is 1. The molecule has 5 rings (SSSR count). The highest BCUT2D eigenvalue weighted by Gasteiger charge is 2.35. The van der Waals surface area contributed by atoms with E-state index in [2.05, 4.69) is 38.1 Å². The lowest BCUT2D eigenvalue weighted by Gasteiger charge is -2.27. The molecule has 3 aliphatic rings. The van der Waals surface area contributed by atoms with E-state index < -0.39 is 11.7 Å². The van der Waals surface area contributed by atoms with Crippen LogP contribution < -0.4 is 10.2 Å². The lowest BCUT2D eigenvalue weighted by atomic mass is 10.1. The molecule has 1 saturated heterocycles. The lowest BCUT2D eigenvalue weighted by molar-refractivity contribution is -0.140. The summed E-state index contributed by atoms with van der Waals surface area (Å²) in [6, 6.07) is 8.45. The zero-order valence-corrected chi connectivity index (χ0v) is 22.7. The predicted octanol–water partition coefficient (Wildman–Crippen LogP) is 4.30. The van der Waals surface area contributed by atoms with Gasteiger partial charge in [0.05, 0.1) is 35.7 Å². The Hall–Kier alpha value is -2.85. The van der Waals surface area contributed by atoms with Crippen LogP contribution in [0.5, 0.6) is 0 Å². The number of fused-ring (bicyclic) bond motifs is 1. The minimum atomic E-state index is -4.52. The van der Waals surface area contributed by atoms with Gasteiger partial charge < -0.3 is 20.0 Å². The molecule has 0 atom stereocenters. The van der Waals surface area contributed by atoms with Crippen LogP contribution in [-0.4, -0.2) is 85.0 Å². The van der Waals surface area contributed by atoms with Crippen LogP contribution in [0, 0.1) is 5.92 Å². The molecule has 0 radical (unpaired) electrons. The number of aromatic nitrogens is 1. The molecule has 10 heteroatoms. The van der Waals surface area contributed by atoms with E-state index in [1.807, 2.05) is 12.1 Å². The van der Waals surface area contributed by atoms with Crippen molar-refractivity contribution in [3.05, 3.63) is 53.3 Å². The van der Waals surface area contributed by atoms with E-state index in [9.17, 15) is 18.0 Å². The van der Waals surface area contributed by atoms with Crippen molar-refractivity contribution in [1.29, 1.82) is 0 Å². The van der Waals surface area contributed by atoms with Gasteiger partial charge in [-0.1, -0.05) is 12.1 Å². The Kier molecular flexibility index (Phi) is 8.61. The molecular weight excluding hydrogens is 505 g/mol. The molecule has 1 amide bonds. The summed E-state index contributed by atoms with van der Waals surface area (Å²) in [7, 11) is 2.08. The number of carbonyl (C=O) groups excluding carboxylic acids is 1. The van der Waals surface area contributed by atoms with Gasteiger partial charge in [0.25, 0.3) is 0 Å². The second kappa shape index (κ2) is 12.1. The first-order chi connectivity index (χ1) is 18.8. The van der Waals surface area contributed by atoms with E-state index in [-0.39, 0.29) is 24.7 Å². The second-order valence-electron chi connectivity index (χ2n) is 11.1. The number of carbonyl (C=O) groups is 1. The topological polar surface area (TPSA) is 55.0 Å². The number of alkyl halides is 3. The molecule has 0 unspecified atom stereocenters. The highest BCUT2D eigenvalue weighted by Crippen LogP contribution is 2.35. The summed E-state index contributed by atoms with van der Waals surface area (Å²) in [5.74, 6) is 0.580. The molecule has 1 aromatic carbocycles. The van der Waals surface area contributed by atoms with Crippen LogP contribution in [0.25, 0.3) is 0 Å². The average Bonchev–Trinajstić information content (AvgIpc) is 3.61. The molecule has 1 saturated carbocycles. The van der Waals surface area contributed by atoms with Crippen LogP contribution >= 0.6 is 0 Å². The van der Waals surface area contributed by atoms with Gasteiger partial charge in [0.1, 0.15) is 0 Å². The van der Waals surface area contributed by atoms with Crippen molar-refractivity contribution < 1.29 is 18.0 Å². The molecule has 2 aromatic rings. The van der Waals surface area contributed by atoms with E-state index in [1.165, 1.54) is 35.6 Å². The first kappa shape index (κ1) is 27.7. The molecule has 0 spiro atoms. The van der Waals surface area contributed by atoms with Crippen molar-refractivity contribution in [2.24, 2.45) is 5.92 Å². The highest BCUT2D eigenvalue weighted by molar-refractivity contribution is 5.83. The Bertz CT molecular complexity index is 1130. The molecule has 3 heterocycles. The molecule has 2 fully saturated rings. The second-order valence-corrected chi connectivity index (χ2v) is 11.1. The van der Waals surface area contributed by atoms with Gasteiger partial charge >= 0.3 is 6.18 Å². The van der Waals surface area contributed by atoms with E-state index in [1.54, 1.807) is 0 Å². The molecule has 1 aliphatic carbocycles. The lowest BCUT2D eigenvalue weighted by Crippen LogP contribution is -2.41. The SMILES string of the molecule is CN1CCN(CC2CC2)Cc2cccc(NCC(=O)N(CCN3CCCC3)Cc3ncccc3C(F)(F)F)c21. The normalized spacial score (nSPS) is 18.6. The first-order valence-corrected chi connectivity index (χ1v) is 14.1. The summed E-state index contributed by atoms with van der Waals surface area (Å²) >= 11 is 0. The van der Waals surface area contributed by atoms with Crippen molar-refractivity contribution >= 4 is 17.3 Å². The number of pyridine rings is 1. The van der Waals surface area contributed by atoms with Gasteiger partial charge in [-0.2, -0.15) is 13.2 Å². The van der Waals surface area contributed by atoms with Gasteiger partial charge in [0.15, 0.2) is 0 Å². The number of amides is 1. The quantitative estimate of drug-likeness (QED) is 0.482. The minimum Gasteiger partial charge on any atom is -0.374 e. The molecule has 0 bridgehead atoms. The van der Waals surface area contributed by atoms with E-state index in [4.69, 9.17) is 0 Å². The zero-order chi connectivity index (χ0) is 27.4. The maximum absolute atomic E-state index is 13.7. The molecule has 2 aliphatic heterocycles. The van der Waals surface area contributed by atoms with Crippen molar-refractivity contribution in [3.8, 4) is 0 Å². The monoisotopic (exact) mass is 544 g/mol. The molecule has 1 N–H and O–H groups in total. The summed E-state index contributed by atoms with van der Waals surface area (Å²) in [5, 5.41) is 3.33.